The predicted molar refractivity (Wildman–Crippen MR) is 133 cm³/mol. The molecule has 4 rings (SSSR count). The number of aliphatic imine (C=N–C) groups is 2. The van der Waals surface area contributed by atoms with E-state index in [1.807, 2.05) is 23.9 Å². The lowest BCUT2D eigenvalue weighted by Gasteiger charge is -2.45. The third-order valence-corrected chi connectivity index (χ3v) is 6.64. The molecule has 11 heteroatoms. The van der Waals surface area contributed by atoms with Gasteiger partial charge in [0.2, 0.25) is 5.96 Å². The van der Waals surface area contributed by atoms with Gasteiger partial charge in [0.05, 0.1) is 5.56 Å². The molecule has 3 heterocycles. The highest BCUT2D eigenvalue weighted by Gasteiger charge is 2.38. The lowest BCUT2D eigenvalue weighted by Crippen LogP contribution is -2.59. The standard InChI is InChI=1S/C25H31F4N7/c1-16(2)33(4)23-31-21(18-8-9-20(26)17(3)15-18)32-24(34(23)5)36-13-11-35(12-14-36)22-19(25(27,28)29)7-6-10-30-22/h6-10,15-16,24H,11-14H2,1-5H3. The van der Waals surface area contributed by atoms with Gasteiger partial charge in [0.25, 0.3) is 0 Å². The summed E-state index contributed by atoms with van der Waals surface area (Å²) in [5.41, 5.74) is 0.487. The number of piperazine rings is 1. The van der Waals surface area contributed by atoms with E-state index in [1.54, 1.807) is 24.0 Å². The summed E-state index contributed by atoms with van der Waals surface area (Å²) in [7, 11) is 3.86. The van der Waals surface area contributed by atoms with Gasteiger partial charge >= 0.3 is 6.18 Å². The van der Waals surface area contributed by atoms with Crippen LogP contribution in [-0.4, -0.2) is 84.1 Å². The maximum atomic E-state index is 13.9. The zero-order valence-electron chi connectivity index (χ0n) is 21.1. The molecule has 194 valence electrons. The van der Waals surface area contributed by atoms with Crippen molar-refractivity contribution in [2.24, 2.45) is 9.98 Å². The van der Waals surface area contributed by atoms with Crippen LogP contribution in [0.3, 0.4) is 0 Å². The maximum Gasteiger partial charge on any atom is 0.419 e. The van der Waals surface area contributed by atoms with Gasteiger partial charge in [-0.3, -0.25) is 4.90 Å². The molecular formula is C25H31F4N7. The Morgan fingerprint density at radius 2 is 1.78 bits per heavy atom. The van der Waals surface area contributed by atoms with Gasteiger partial charge in [0.1, 0.15) is 11.6 Å². The first-order valence-corrected chi connectivity index (χ1v) is 11.9. The van der Waals surface area contributed by atoms with Crippen LogP contribution < -0.4 is 4.90 Å². The van der Waals surface area contributed by atoms with Crippen molar-refractivity contribution in [1.29, 1.82) is 0 Å². The molecule has 0 aliphatic carbocycles. The van der Waals surface area contributed by atoms with Gasteiger partial charge in [-0.25, -0.2) is 14.4 Å². The van der Waals surface area contributed by atoms with Gasteiger partial charge in [-0.05, 0) is 56.7 Å². The molecule has 1 aromatic carbocycles. The van der Waals surface area contributed by atoms with Crippen molar-refractivity contribution in [2.45, 2.75) is 39.3 Å². The smallest absolute Gasteiger partial charge is 0.354 e. The number of amidine groups is 1. The topological polar surface area (TPSA) is 50.6 Å². The molecule has 0 amide bonds. The van der Waals surface area contributed by atoms with Crippen LogP contribution in [0.15, 0.2) is 46.5 Å². The minimum atomic E-state index is -4.47. The van der Waals surface area contributed by atoms with E-state index in [0.29, 0.717) is 49.1 Å². The summed E-state index contributed by atoms with van der Waals surface area (Å²) in [5, 5.41) is 0. The zero-order valence-corrected chi connectivity index (χ0v) is 21.1. The second-order valence-electron chi connectivity index (χ2n) is 9.39. The second kappa shape index (κ2) is 10.0. The Labute approximate surface area is 208 Å². The molecule has 0 radical (unpaired) electrons. The molecule has 36 heavy (non-hydrogen) atoms. The molecule has 2 aliphatic heterocycles. The molecule has 0 bridgehead atoms. The highest BCUT2D eigenvalue weighted by molar-refractivity contribution is 6.07. The molecule has 2 aliphatic rings. The van der Waals surface area contributed by atoms with Gasteiger partial charge < -0.3 is 14.7 Å². The fourth-order valence-corrected chi connectivity index (χ4v) is 4.34. The van der Waals surface area contributed by atoms with E-state index in [1.165, 1.54) is 18.3 Å². The van der Waals surface area contributed by atoms with E-state index < -0.39 is 18.0 Å². The largest absolute Gasteiger partial charge is 0.419 e. The molecule has 1 saturated heterocycles. The third-order valence-electron chi connectivity index (χ3n) is 6.64. The highest BCUT2D eigenvalue weighted by Crippen LogP contribution is 2.35. The summed E-state index contributed by atoms with van der Waals surface area (Å²) < 4.78 is 54.5. The molecule has 0 spiro atoms. The summed E-state index contributed by atoms with van der Waals surface area (Å²) in [6.45, 7) is 7.53. The van der Waals surface area contributed by atoms with Crippen LogP contribution in [0.4, 0.5) is 23.4 Å². The number of rotatable bonds is 4. The van der Waals surface area contributed by atoms with Crippen molar-refractivity contribution in [3.8, 4) is 0 Å². The predicted octanol–water partition coefficient (Wildman–Crippen LogP) is 4.04. The summed E-state index contributed by atoms with van der Waals surface area (Å²) in [5.74, 6) is 0.870. The Kier molecular flexibility index (Phi) is 7.21. The normalized spacial score (nSPS) is 19.4. The summed E-state index contributed by atoms with van der Waals surface area (Å²) in [6, 6.07) is 7.34. The number of aryl methyl sites for hydroxylation is 1. The van der Waals surface area contributed by atoms with Crippen LogP contribution in [0.25, 0.3) is 0 Å². The van der Waals surface area contributed by atoms with Crippen LogP contribution in [0.1, 0.15) is 30.5 Å². The van der Waals surface area contributed by atoms with Gasteiger partial charge in [0, 0.05) is 58.1 Å². The Bertz CT molecular complexity index is 1150. The van der Waals surface area contributed by atoms with E-state index >= 15 is 0 Å². The summed E-state index contributed by atoms with van der Waals surface area (Å²) in [4.78, 5) is 21.5. The first-order valence-electron chi connectivity index (χ1n) is 11.9. The Morgan fingerprint density at radius 3 is 2.39 bits per heavy atom. The van der Waals surface area contributed by atoms with E-state index in [0.717, 1.165) is 6.07 Å². The van der Waals surface area contributed by atoms with Crippen molar-refractivity contribution in [2.75, 3.05) is 45.2 Å². The van der Waals surface area contributed by atoms with Gasteiger partial charge in [0.15, 0.2) is 12.1 Å². The van der Waals surface area contributed by atoms with E-state index in [9.17, 15) is 17.6 Å². The van der Waals surface area contributed by atoms with Crippen LogP contribution >= 0.6 is 0 Å². The SMILES string of the molecule is Cc1cc(C2=NC(N3CCN(c4ncccc4C(F)(F)F)CC3)N(C)C(N(C)C(C)C)=N2)ccc1F. The van der Waals surface area contributed by atoms with Crippen LogP contribution in [-0.2, 0) is 6.18 Å². The molecule has 7 nitrogen and oxygen atoms in total. The number of anilines is 1. The molecule has 0 N–H and O–H groups in total. The Balaban J connectivity index is 1.61. The molecule has 1 aromatic heterocycles. The first-order chi connectivity index (χ1) is 17.0. The number of hydrogen-bond donors (Lipinski definition) is 0. The average Bonchev–Trinajstić information content (AvgIpc) is 2.85. The monoisotopic (exact) mass is 505 g/mol. The Hall–Kier alpha value is -3.21. The van der Waals surface area contributed by atoms with Crippen molar-refractivity contribution >= 4 is 17.6 Å². The number of guanidine groups is 1. The van der Waals surface area contributed by atoms with Gasteiger partial charge in [-0.15, -0.1) is 0 Å². The average molecular weight is 506 g/mol. The number of benzene rings is 1. The van der Waals surface area contributed by atoms with Crippen molar-refractivity contribution in [3.63, 3.8) is 0 Å². The van der Waals surface area contributed by atoms with Crippen LogP contribution in [0.5, 0.6) is 0 Å². The molecule has 2 aromatic rings. The number of aromatic nitrogens is 1. The third kappa shape index (κ3) is 5.16. The molecule has 0 saturated carbocycles. The van der Waals surface area contributed by atoms with Crippen molar-refractivity contribution < 1.29 is 17.6 Å². The Morgan fingerprint density at radius 1 is 1.08 bits per heavy atom. The first kappa shape index (κ1) is 25.9. The maximum absolute atomic E-state index is 13.9. The summed E-state index contributed by atoms with van der Waals surface area (Å²) in [6.07, 6.45) is -3.49. The minimum Gasteiger partial charge on any atom is -0.354 e. The number of alkyl halides is 3. The van der Waals surface area contributed by atoms with E-state index in [4.69, 9.17) is 9.98 Å². The lowest BCUT2D eigenvalue weighted by atomic mass is 10.1. The van der Waals surface area contributed by atoms with Crippen LogP contribution in [0.2, 0.25) is 0 Å². The van der Waals surface area contributed by atoms with Gasteiger partial charge in [-0.2, -0.15) is 18.2 Å². The minimum absolute atomic E-state index is 0.0468. The number of pyridine rings is 1. The van der Waals surface area contributed by atoms with Gasteiger partial charge in [-0.1, -0.05) is 0 Å². The van der Waals surface area contributed by atoms with Crippen LogP contribution in [0, 0.1) is 12.7 Å². The van der Waals surface area contributed by atoms with Crippen molar-refractivity contribution in [1.82, 2.24) is 19.7 Å². The quantitative estimate of drug-likeness (QED) is 0.587. The number of halogens is 4. The molecule has 1 fully saturated rings. The molecule has 1 atom stereocenters. The fourth-order valence-electron chi connectivity index (χ4n) is 4.34. The number of hydrogen-bond acceptors (Lipinski definition) is 7. The summed E-state index contributed by atoms with van der Waals surface area (Å²) >= 11 is 0. The second-order valence-corrected chi connectivity index (χ2v) is 9.39. The highest BCUT2D eigenvalue weighted by atomic mass is 19.4. The fraction of sp³-hybridized carbons (Fsp3) is 0.480. The molecule has 1 unspecified atom stereocenters. The zero-order chi connectivity index (χ0) is 26.2. The number of nitrogens with zero attached hydrogens (tertiary/aromatic N) is 7. The van der Waals surface area contributed by atoms with E-state index in [-0.39, 0.29) is 17.7 Å². The molecular weight excluding hydrogens is 474 g/mol. The lowest BCUT2D eigenvalue weighted by molar-refractivity contribution is -0.137. The van der Waals surface area contributed by atoms with E-state index in [2.05, 4.69) is 23.7 Å². The van der Waals surface area contributed by atoms with Crippen molar-refractivity contribution in [3.05, 3.63) is 59.0 Å².